The first-order valence-electron chi connectivity index (χ1n) is 18.1. The Labute approximate surface area is 275 Å². The van der Waals surface area contributed by atoms with Gasteiger partial charge in [-0.05, 0) is 108 Å². The molecule has 7 rings (SSSR count). The van der Waals surface area contributed by atoms with Crippen LogP contribution in [0.5, 0.6) is 0 Å². The van der Waals surface area contributed by atoms with Crippen molar-refractivity contribution in [1.29, 1.82) is 0 Å². The second-order valence-corrected chi connectivity index (χ2v) is 17.7. The van der Waals surface area contributed by atoms with E-state index in [2.05, 4.69) is 75.3 Å². The lowest BCUT2D eigenvalue weighted by atomic mass is 9.34. The standard InChI is InChI=1S/C36H58N6O4/c1-21(2)22(3)33(5)14-15-34(6)24-10-11-27-32(4)17-26(42-40-31(37)39-41-42)29(46-18-23-9-8-16-38-23)36(27,20-45-19-32)25(24)12-13-35(34,7)28(33)30(43)44/h12,21-24,26-29,38H,8-11,13-20H2,1-7H3,(H2,37,40)(H,43,44)/t22-,23?,24+,26-,27-,28-,29+,32-,33-,34-,35+,36+/m1/s1. The van der Waals surface area contributed by atoms with Crippen molar-refractivity contribution >= 4 is 11.9 Å². The molecule has 5 fully saturated rings. The number of carboxylic acid groups (broad SMARTS) is 1. The molecule has 0 spiro atoms. The average molecular weight is 639 g/mol. The quantitative estimate of drug-likeness (QED) is 0.330. The van der Waals surface area contributed by atoms with E-state index in [4.69, 9.17) is 15.2 Å². The van der Waals surface area contributed by atoms with Gasteiger partial charge in [0, 0.05) is 11.5 Å². The van der Waals surface area contributed by atoms with Crippen LogP contribution in [0.2, 0.25) is 0 Å². The first-order chi connectivity index (χ1) is 21.7. The predicted octanol–water partition coefficient (Wildman–Crippen LogP) is 5.52. The number of aromatic nitrogens is 4. The topological polar surface area (TPSA) is 137 Å². The van der Waals surface area contributed by atoms with E-state index in [1.165, 1.54) is 12.0 Å². The lowest BCUT2D eigenvalue weighted by Crippen LogP contribution is -2.70. The van der Waals surface area contributed by atoms with Gasteiger partial charge in [0.1, 0.15) is 6.04 Å². The molecule has 4 N–H and O–H groups in total. The van der Waals surface area contributed by atoms with Crippen LogP contribution >= 0.6 is 0 Å². The van der Waals surface area contributed by atoms with E-state index in [1.54, 1.807) is 4.80 Å². The number of carboxylic acids is 1. The maximum Gasteiger partial charge on any atom is 0.307 e. The van der Waals surface area contributed by atoms with E-state index in [1.807, 2.05) is 0 Å². The molecule has 1 aromatic heterocycles. The number of aliphatic carboxylic acids is 1. The highest BCUT2D eigenvalue weighted by Gasteiger charge is 2.72. The molecule has 6 aliphatic rings. The Kier molecular flexibility index (Phi) is 7.77. The van der Waals surface area contributed by atoms with Gasteiger partial charge in [-0.3, -0.25) is 4.79 Å². The van der Waals surface area contributed by atoms with Crippen molar-refractivity contribution < 1.29 is 19.4 Å². The maximum atomic E-state index is 13.5. The van der Waals surface area contributed by atoms with Crippen LogP contribution in [0.4, 0.5) is 5.95 Å². The number of nitrogens with two attached hydrogens (primary N) is 1. The molecule has 2 saturated heterocycles. The van der Waals surface area contributed by atoms with Crippen LogP contribution in [0.3, 0.4) is 0 Å². The lowest BCUT2D eigenvalue weighted by molar-refractivity contribution is -0.254. The number of hydrogen-bond donors (Lipinski definition) is 3. The highest BCUT2D eigenvalue weighted by molar-refractivity contribution is 5.73. The highest BCUT2D eigenvalue weighted by Crippen LogP contribution is 2.75. The van der Waals surface area contributed by atoms with E-state index in [9.17, 15) is 9.90 Å². The van der Waals surface area contributed by atoms with Gasteiger partial charge >= 0.3 is 5.97 Å². The number of ether oxygens (including phenoxy) is 2. The molecule has 256 valence electrons. The van der Waals surface area contributed by atoms with Gasteiger partial charge in [-0.2, -0.15) is 4.80 Å². The second-order valence-electron chi connectivity index (χ2n) is 17.7. The minimum absolute atomic E-state index is 0.0777. The SMILES string of the molecule is CC(C)[C@@H](C)[C@@]1(C)CC[C@]2(C)[C@H]3CC[C@@H]4[C@@]5(C)COC[C@@]4(C3=CC[C@@]2(C)[C@@H]1C(=O)O)[C@@H](OCC1CCCN1)[C@H](n1nnc(N)n1)C5. The van der Waals surface area contributed by atoms with Crippen molar-refractivity contribution in [3.8, 4) is 0 Å². The number of anilines is 1. The van der Waals surface area contributed by atoms with Gasteiger partial charge in [-0.25, -0.2) is 0 Å². The smallest absolute Gasteiger partial charge is 0.307 e. The monoisotopic (exact) mass is 638 g/mol. The number of nitrogen functional groups attached to an aromatic ring is 1. The molecule has 4 aliphatic carbocycles. The summed E-state index contributed by atoms with van der Waals surface area (Å²) in [5, 5.41) is 27.8. The van der Waals surface area contributed by atoms with Gasteiger partial charge in [-0.15, -0.1) is 5.10 Å². The summed E-state index contributed by atoms with van der Waals surface area (Å²) < 4.78 is 13.8. The summed E-state index contributed by atoms with van der Waals surface area (Å²) in [6, 6.07) is 0.211. The third-order valence-corrected chi connectivity index (χ3v) is 15.4. The van der Waals surface area contributed by atoms with Crippen LogP contribution in [0, 0.1) is 56.7 Å². The lowest BCUT2D eigenvalue weighted by Gasteiger charge is -2.71. The molecular formula is C36H58N6O4. The van der Waals surface area contributed by atoms with Gasteiger partial charge in [0.25, 0.3) is 5.95 Å². The van der Waals surface area contributed by atoms with Crippen molar-refractivity contribution in [1.82, 2.24) is 25.5 Å². The fourth-order valence-corrected chi connectivity index (χ4v) is 12.6. The number of carbonyl (C=O) groups is 1. The van der Waals surface area contributed by atoms with Crippen LogP contribution in [-0.2, 0) is 14.3 Å². The summed E-state index contributed by atoms with van der Waals surface area (Å²) in [6.07, 6.45) is 10.3. The Hall–Kier alpha value is -2.04. The fraction of sp³-hybridized carbons (Fsp3) is 0.889. The molecule has 10 nitrogen and oxygen atoms in total. The van der Waals surface area contributed by atoms with Crippen LogP contribution in [0.25, 0.3) is 0 Å². The number of allylic oxidation sites excluding steroid dienone is 1. The zero-order chi connectivity index (χ0) is 32.9. The average Bonchev–Trinajstić information content (AvgIpc) is 3.68. The van der Waals surface area contributed by atoms with Gasteiger partial charge in [0.05, 0.1) is 31.8 Å². The zero-order valence-corrected chi connectivity index (χ0v) is 29.2. The molecule has 10 heteroatoms. The van der Waals surface area contributed by atoms with Gasteiger partial charge in [0.15, 0.2) is 0 Å². The maximum absolute atomic E-state index is 13.5. The Balaban J connectivity index is 1.36. The number of nitrogens with one attached hydrogen (secondary N) is 1. The van der Waals surface area contributed by atoms with E-state index in [0.717, 1.165) is 51.5 Å². The number of fused-ring (bicyclic) bond motifs is 3. The van der Waals surface area contributed by atoms with Gasteiger partial charge in [0.2, 0.25) is 0 Å². The third-order valence-electron chi connectivity index (χ3n) is 15.4. The van der Waals surface area contributed by atoms with Crippen LogP contribution < -0.4 is 11.1 Å². The molecule has 3 saturated carbocycles. The second kappa shape index (κ2) is 11.0. The van der Waals surface area contributed by atoms with Crippen molar-refractivity contribution in [2.75, 3.05) is 32.1 Å². The van der Waals surface area contributed by atoms with Crippen molar-refractivity contribution in [3.63, 3.8) is 0 Å². The first kappa shape index (κ1) is 32.5. The summed E-state index contributed by atoms with van der Waals surface area (Å²) in [4.78, 5) is 15.2. The Morgan fingerprint density at radius 1 is 1.15 bits per heavy atom. The largest absolute Gasteiger partial charge is 0.481 e. The molecule has 3 heterocycles. The predicted molar refractivity (Wildman–Crippen MR) is 176 cm³/mol. The molecule has 1 unspecified atom stereocenters. The molecule has 1 aromatic rings. The molecule has 2 aliphatic heterocycles. The van der Waals surface area contributed by atoms with E-state index >= 15 is 0 Å². The van der Waals surface area contributed by atoms with E-state index in [0.29, 0.717) is 43.6 Å². The van der Waals surface area contributed by atoms with Gasteiger partial charge < -0.3 is 25.6 Å². The Bertz CT molecular complexity index is 1380. The Morgan fingerprint density at radius 2 is 1.93 bits per heavy atom. The normalized spacial score (nSPS) is 47.4. The van der Waals surface area contributed by atoms with Gasteiger partial charge in [-0.1, -0.05) is 65.2 Å². The molecule has 12 atom stereocenters. The minimum Gasteiger partial charge on any atom is -0.481 e. The van der Waals surface area contributed by atoms with Crippen LogP contribution in [0.15, 0.2) is 11.6 Å². The van der Waals surface area contributed by atoms with Crippen molar-refractivity contribution in [3.05, 3.63) is 11.6 Å². The van der Waals surface area contributed by atoms with Crippen LogP contribution in [-0.4, -0.2) is 69.8 Å². The summed E-state index contributed by atoms with van der Waals surface area (Å²) in [5.74, 6) is 0.533. The highest BCUT2D eigenvalue weighted by atomic mass is 16.5. The first-order valence-corrected chi connectivity index (χ1v) is 18.1. The minimum atomic E-state index is -0.626. The van der Waals surface area contributed by atoms with Crippen LogP contribution in [0.1, 0.15) is 106 Å². The molecule has 46 heavy (non-hydrogen) atoms. The van der Waals surface area contributed by atoms with E-state index < -0.39 is 11.9 Å². The molecule has 0 amide bonds. The van der Waals surface area contributed by atoms with Crippen molar-refractivity contribution in [2.24, 2.45) is 56.7 Å². The summed E-state index contributed by atoms with van der Waals surface area (Å²) in [5.41, 5.74) is 6.28. The fourth-order valence-electron chi connectivity index (χ4n) is 12.6. The molecule has 0 radical (unpaired) electrons. The molecular weight excluding hydrogens is 580 g/mol. The Morgan fingerprint density at radius 3 is 2.59 bits per heavy atom. The number of rotatable bonds is 7. The third kappa shape index (κ3) is 4.37. The zero-order valence-electron chi connectivity index (χ0n) is 29.2. The van der Waals surface area contributed by atoms with Crippen molar-refractivity contribution in [2.45, 2.75) is 118 Å². The number of tetrazole rings is 1. The number of nitrogens with zero attached hydrogens (tertiary/aromatic N) is 4. The number of hydrogen-bond acceptors (Lipinski definition) is 8. The summed E-state index contributed by atoms with van der Waals surface area (Å²) in [7, 11) is 0. The van der Waals surface area contributed by atoms with E-state index in [-0.39, 0.29) is 51.1 Å². The molecule has 0 aromatic carbocycles. The summed E-state index contributed by atoms with van der Waals surface area (Å²) in [6.45, 7) is 19.2. The summed E-state index contributed by atoms with van der Waals surface area (Å²) >= 11 is 0. The molecule has 2 bridgehead atoms.